The Hall–Kier alpha value is -4.17. The standard InChI is InChI=1S/C34H36ClNO7/c1-6-8-15-42-26-12-10-22(18-29(26)41-7-2)31-30-32(37)23-19-24(35)20(3)16-27(23)43-33(30)34(38)36(31)14-13-21-9-11-25(39-4)28(17-21)40-5/h9-12,16-19,31H,6-8,13-15H2,1-5H3. The molecule has 0 saturated carbocycles. The van der Waals surface area contributed by atoms with Crippen LogP contribution in [0.5, 0.6) is 23.0 Å². The van der Waals surface area contributed by atoms with Crippen molar-refractivity contribution in [2.24, 2.45) is 0 Å². The highest BCUT2D eigenvalue weighted by molar-refractivity contribution is 6.32. The van der Waals surface area contributed by atoms with Crippen molar-refractivity contribution >= 4 is 28.5 Å². The van der Waals surface area contributed by atoms with Crippen molar-refractivity contribution < 1.29 is 28.2 Å². The van der Waals surface area contributed by atoms with Gasteiger partial charge in [-0.2, -0.15) is 0 Å². The van der Waals surface area contributed by atoms with Crippen LogP contribution in [-0.2, 0) is 6.42 Å². The first-order valence-electron chi connectivity index (χ1n) is 14.5. The van der Waals surface area contributed by atoms with Gasteiger partial charge in [0, 0.05) is 11.6 Å². The van der Waals surface area contributed by atoms with Gasteiger partial charge in [-0.3, -0.25) is 9.59 Å². The van der Waals surface area contributed by atoms with Gasteiger partial charge in [0.25, 0.3) is 5.91 Å². The third-order valence-corrected chi connectivity index (χ3v) is 8.08. The first-order chi connectivity index (χ1) is 20.8. The second-order valence-electron chi connectivity index (χ2n) is 10.5. The molecule has 0 bridgehead atoms. The van der Waals surface area contributed by atoms with Gasteiger partial charge in [-0.15, -0.1) is 0 Å². The number of hydrogen-bond donors (Lipinski definition) is 0. The number of unbranched alkanes of at least 4 members (excludes halogenated alkanes) is 1. The molecule has 0 aliphatic carbocycles. The van der Waals surface area contributed by atoms with E-state index in [0.29, 0.717) is 65.2 Å². The Morgan fingerprint density at radius 3 is 2.40 bits per heavy atom. The zero-order chi connectivity index (χ0) is 30.7. The minimum Gasteiger partial charge on any atom is -0.493 e. The Labute approximate surface area is 256 Å². The molecule has 8 nitrogen and oxygen atoms in total. The summed E-state index contributed by atoms with van der Waals surface area (Å²) in [5.41, 5.74) is 2.74. The Morgan fingerprint density at radius 2 is 1.67 bits per heavy atom. The Balaban J connectivity index is 1.61. The number of hydrogen-bond acceptors (Lipinski definition) is 7. The average molecular weight is 606 g/mol. The third-order valence-electron chi connectivity index (χ3n) is 7.68. The molecular formula is C34H36ClNO7. The van der Waals surface area contributed by atoms with E-state index in [1.54, 1.807) is 31.3 Å². The van der Waals surface area contributed by atoms with E-state index in [4.69, 9.17) is 35.0 Å². The minimum atomic E-state index is -0.702. The quantitative estimate of drug-likeness (QED) is 0.159. The number of methoxy groups -OCH3 is 2. The SMILES string of the molecule is CCCCOc1ccc(C2c3c(oc4cc(C)c(Cl)cc4c3=O)C(=O)N2CCc2ccc(OC)c(OC)c2)cc1OCC. The number of carbonyl (C=O) groups excluding carboxylic acids is 1. The van der Waals surface area contributed by atoms with Crippen molar-refractivity contribution in [1.82, 2.24) is 4.90 Å². The Kier molecular flexibility index (Phi) is 9.16. The molecule has 226 valence electrons. The molecule has 2 heterocycles. The number of carbonyl (C=O) groups is 1. The van der Waals surface area contributed by atoms with Crippen LogP contribution in [0.15, 0.2) is 57.7 Å². The van der Waals surface area contributed by atoms with Gasteiger partial charge >= 0.3 is 0 Å². The maximum atomic E-state index is 14.1. The number of halogens is 1. The zero-order valence-electron chi connectivity index (χ0n) is 25.1. The van der Waals surface area contributed by atoms with E-state index in [-0.39, 0.29) is 22.7 Å². The van der Waals surface area contributed by atoms with Gasteiger partial charge in [0.15, 0.2) is 28.4 Å². The first-order valence-corrected chi connectivity index (χ1v) is 14.9. The van der Waals surface area contributed by atoms with Gasteiger partial charge in [-0.1, -0.05) is 37.1 Å². The summed E-state index contributed by atoms with van der Waals surface area (Å²) in [5, 5.41) is 0.789. The van der Waals surface area contributed by atoms with Crippen LogP contribution < -0.4 is 24.4 Å². The lowest BCUT2D eigenvalue weighted by Gasteiger charge is -2.26. The molecule has 1 unspecified atom stereocenters. The predicted octanol–water partition coefficient (Wildman–Crippen LogP) is 7.14. The second kappa shape index (κ2) is 13.0. The number of rotatable bonds is 12. The molecule has 0 spiro atoms. The van der Waals surface area contributed by atoms with Gasteiger partial charge in [0.05, 0.1) is 44.4 Å². The summed E-state index contributed by atoms with van der Waals surface area (Å²) in [6.07, 6.45) is 2.43. The van der Waals surface area contributed by atoms with Crippen molar-refractivity contribution in [2.45, 2.75) is 46.1 Å². The average Bonchev–Trinajstić information content (AvgIpc) is 3.29. The van der Waals surface area contributed by atoms with E-state index in [2.05, 4.69) is 6.92 Å². The molecule has 9 heteroatoms. The molecule has 0 saturated heterocycles. The third kappa shape index (κ3) is 5.89. The topological polar surface area (TPSA) is 87.4 Å². The van der Waals surface area contributed by atoms with Crippen LogP contribution in [0, 0.1) is 6.92 Å². The molecule has 0 radical (unpaired) electrons. The fraction of sp³-hybridized carbons (Fsp3) is 0.353. The molecule has 1 amide bonds. The summed E-state index contributed by atoms with van der Waals surface area (Å²) in [6, 6.07) is 13.8. The van der Waals surface area contributed by atoms with Crippen molar-refractivity contribution in [3.63, 3.8) is 0 Å². The van der Waals surface area contributed by atoms with Crippen molar-refractivity contribution in [3.05, 3.63) is 91.8 Å². The molecule has 1 aliphatic heterocycles. The van der Waals surface area contributed by atoms with E-state index in [0.717, 1.165) is 29.5 Å². The maximum absolute atomic E-state index is 14.1. The molecule has 1 aromatic heterocycles. The number of nitrogens with zero attached hydrogens (tertiary/aromatic N) is 1. The summed E-state index contributed by atoms with van der Waals surface area (Å²) < 4.78 is 29.0. The maximum Gasteiger partial charge on any atom is 0.290 e. The number of aryl methyl sites for hydroxylation is 1. The van der Waals surface area contributed by atoms with E-state index in [1.165, 1.54) is 0 Å². The Bertz CT molecular complexity index is 1710. The van der Waals surface area contributed by atoms with Gasteiger partial charge in [0.1, 0.15) is 5.58 Å². The van der Waals surface area contributed by atoms with Crippen LogP contribution >= 0.6 is 11.6 Å². The van der Waals surface area contributed by atoms with Crippen LogP contribution in [-0.4, -0.2) is 44.8 Å². The summed E-state index contributed by atoms with van der Waals surface area (Å²) in [6.45, 7) is 7.14. The molecule has 3 aromatic carbocycles. The molecule has 0 N–H and O–H groups in total. The van der Waals surface area contributed by atoms with Crippen LogP contribution in [0.2, 0.25) is 5.02 Å². The van der Waals surface area contributed by atoms with Crippen molar-refractivity contribution in [2.75, 3.05) is 34.0 Å². The van der Waals surface area contributed by atoms with Gasteiger partial charge in [0.2, 0.25) is 5.76 Å². The van der Waals surface area contributed by atoms with Crippen LogP contribution in [0.3, 0.4) is 0 Å². The first kappa shape index (κ1) is 30.3. The largest absolute Gasteiger partial charge is 0.493 e. The van der Waals surface area contributed by atoms with Crippen LogP contribution in [0.25, 0.3) is 11.0 Å². The number of benzene rings is 3. The predicted molar refractivity (Wildman–Crippen MR) is 166 cm³/mol. The van der Waals surface area contributed by atoms with Gasteiger partial charge in [-0.05, 0) is 79.8 Å². The monoisotopic (exact) mass is 605 g/mol. The van der Waals surface area contributed by atoms with Crippen molar-refractivity contribution in [1.29, 1.82) is 0 Å². The van der Waals surface area contributed by atoms with Crippen LogP contribution in [0.1, 0.15) is 65.5 Å². The van der Waals surface area contributed by atoms with E-state index in [9.17, 15) is 9.59 Å². The lowest BCUT2D eigenvalue weighted by atomic mass is 9.97. The minimum absolute atomic E-state index is 0.0396. The van der Waals surface area contributed by atoms with Gasteiger partial charge in [-0.25, -0.2) is 0 Å². The van der Waals surface area contributed by atoms with E-state index >= 15 is 0 Å². The van der Waals surface area contributed by atoms with E-state index in [1.807, 2.05) is 50.2 Å². The van der Waals surface area contributed by atoms with E-state index < -0.39 is 6.04 Å². The fourth-order valence-electron chi connectivity index (χ4n) is 5.41. The fourth-order valence-corrected chi connectivity index (χ4v) is 5.58. The molecule has 1 aliphatic rings. The zero-order valence-corrected chi connectivity index (χ0v) is 25.9. The number of fused-ring (bicyclic) bond motifs is 2. The lowest BCUT2D eigenvalue weighted by Crippen LogP contribution is -2.31. The molecule has 5 rings (SSSR count). The number of amides is 1. The molecule has 43 heavy (non-hydrogen) atoms. The highest BCUT2D eigenvalue weighted by Crippen LogP contribution is 2.42. The van der Waals surface area contributed by atoms with Crippen LogP contribution in [0.4, 0.5) is 0 Å². The summed E-state index contributed by atoms with van der Waals surface area (Å²) in [4.78, 5) is 29.7. The van der Waals surface area contributed by atoms with Gasteiger partial charge < -0.3 is 28.3 Å². The normalized spacial score (nSPS) is 14.2. The summed E-state index contributed by atoms with van der Waals surface area (Å²) >= 11 is 6.40. The molecule has 1 atom stereocenters. The molecule has 0 fully saturated rings. The summed E-state index contributed by atoms with van der Waals surface area (Å²) in [7, 11) is 3.17. The molecule has 4 aromatic rings. The number of ether oxygens (including phenoxy) is 4. The second-order valence-corrected chi connectivity index (χ2v) is 10.9. The summed E-state index contributed by atoms with van der Waals surface area (Å²) in [5.74, 6) is 2.08. The smallest absolute Gasteiger partial charge is 0.290 e. The molecular weight excluding hydrogens is 570 g/mol. The van der Waals surface area contributed by atoms with Crippen molar-refractivity contribution in [3.8, 4) is 23.0 Å². The Morgan fingerprint density at radius 1 is 0.907 bits per heavy atom. The highest BCUT2D eigenvalue weighted by atomic mass is 35.5. The highest BCUT2D eigenvalue weighted by Gasteiger charge is 2.43. The lowest BCUT2D eigenvalue weighted by molar-refractivity contribution is 0.0729.